The molecule has 160 valence electrons. The molecule has 3 aromatic rings. The molecule has 1 aromatic carbocycles. The van der Waals surface area contributed by atoms with Crippen LogP contribution in [0.4, 0.5) is 5.13 Å². The molecule has 8 nitrogen and oxygen atoms in total. The minimum absolute atomic E-state index is 0.0880. The van der Waals surface area contributed by atoms with Gasteiger partial charge in [0, 0.05) is 23.9 Å². The number of carbonyl (C=O) groups excluding carboxylic acids is 2. The number of aromatic nitrogens is 1. The Balaban J connectivity index is 1.40. The number of amides is 2. The zero-order chi connectivity index (χ0) is 21.8. The summed E-state index contributed by atoms with van der Waals surface area (Å²) >= 11 is 1.37. The average Bonchev–Trinajstić information content (AvgIpc) is 3.46. The first kappa shape index (κ1) is 20.7. The molecule has 0 spiro atoms. The minimum atomic E-state index is -0.345. The molecule has 3 heterocycles. The minimum Gasteiger partial charge on any atom is -0.493 e. The largest absolute Gasteiger partial charge is 0.493 e. The van der Waals surface area contributed by atoms with Gasteiger partial charge in [0.05, 0.1) is 32.7 Å². The fourth-order valence-electron chi connectivity index (χ4n) is 3.23. The highest BCUT2D eigenvalue weighted by Gasteiger charge is 2.24. The summed E-state index contributed by atoms with van der Waals surface area (Å²) in [4.78, 5) is 32.0. The summed E-state index contributed by atoms with van der Waals surface area (Å²) in [6.45, 7) is 1.02. The number of fused-ring (bicyclic) bond motifs is 1. The second-order valence-corrected chi connectivity index (χ2v) is 7.86. The van der Waals surface area contributed by atoms with Gasteiger partial charge in [-0.05, 0) is 35.9 Å². The molecule has 31 heavy (non-hydrogen) atoms. The van der Waals surface area contributed by atoms with Crippen LogP contribution in [0.15, 0.2) is 47.1 Å². The first-order valence-electron chi connectivity index (χ1n) is 9.60. The Morgan fingerprint density at radius 1 is 1.23 bits per heavy atom. The maximum Gasteiger partial charge on any atom is 0.293 e. The van der Waals surface area contributed by atoms with E-state index in [1.54, 1.807) is 49.5 Å². The van der Waals surface area contributed by atoms with Crippen LogP contribution >= 0.6 is 11.3 Å². The number of furan rings is 1. The smallest absolute Gasteiger partial charge is 0.293 e. The van der Waals surface area contributed by atoms with E-state index < -0.39 is 0 Å². The van der Waals surface area contributed by atoms with Crippen molar-refractivity contribution >= 4 is 34.4 Å². The summed E-state index contributed by atoms with van der Waals surface area (Å²) in [5.74, 6) is 1.03. The van der Waals surface area contributed by atoms with Crippen LogP contribution in [0.5, 0.6) is 11.5 Å². The molecule has 1 aliphatic rings. The van der Waals surface area contributed by atoms with Gasteiger partial charge in [0.25, 0.3) is 5.91 Å². The highest BCUT2D eigenvalue weighted by molar-refractivity contribution is 7.15. The van der Waals surface area contributed by atoms with Crippen LogP contribution in [0.25, 0.3) is 6.08 Å². The quantitative estimate of drug-likeness (QED) is 0.590. The van der Waals surface area contributed by atoms with Gasteiger partial charge in [0.1, 0.15) is 0 Å². The van der Waals surface area contributed by atoms with Crippen molar-refractivity contribution in [1.29, 1.82) is 0 Å². The lowest BCUT2D eigenvalue weighted by Crippen LogP contribution is -2.34. The predicted octanol–water partition coefficient (Wildman–Crippen LogP) is 3.60. The van der Waals surface area contributed by atoms with Crippen LogP contribution in [0.3, 0.4) is 0 Å². The van der Waals surface area contributed by atoms with E-state index in [0.29, 0.717) is 36.1 Å². The second-order valence-electron chi connectivity index (χ2n) is 6.78. The molecule has 0 radical (unpaired) electrons. The summed E-state index contributed by atoms with van der Waals surface area (Å²) in [6, 6.07) is 8.71. The number of nitrogens with zero attached hydrogens (tertiary/aromatic N) is 2. The van der Waals surface area contributed by atoms with E-state index >= 15 is 0 Å². The zero-order valence-electron chi connectivity index (χ0n) is 17.1. The molecule has 0 aliphatic carbocycles. The van der Waals surface area contributed by atoms with Crippen molar-refractivity contribution in [1.82, 2.24) is 9.88 Å². The molecule has 0 saturated heterocycles. The molecule has 0 fully saturated rings. The molecule has 2 amide bonds. The van der Waals surface area contributed by atoms with Crippen molar-refractivity contribution in [3.8, 4) is 11.5 Å². The number of ether oxygens (including phenoxy) is 2. The fourth-order valence-corrected chi connectivity index (χ4v) is 4.25. The standard InChI is InChI=1S/C22H21N3O5S/c1-28-16-7-5-14(12-18(16)29-2)6-8-20(26)25-10-9-15-19(13-25)31-22(23-15)24-21(27)17-4-3-11-30-17/h3-8,11-12H,9-10,13H2,1-2H3,(H,23,24,27)/b8-6+. The number of thiazole rings is 1. The van der Waals surface area contributed by atoms with Crippen molar-refractivity contribution < 1.29 is 23.5 Å². The van der Waals surface area contributed by atoms with Crippen molar-refractivity contribution in [2.75, 3.05) is 26.1 Å². The molecule has 1 aliphatic heterocycles. The van der Waals surface area contributed by atoms with Gasteiger partial charge in [-0.15, -0.1) is 0 Å². The highest BCUT2D eigenvalue weighted by atomic mass is 32.1. The van der Waals surface area contributed by atoms with Crippen LogP contribution < -0.4 is 14.8 Å². The van der Waals surface area contributed by atoms with Crippen LogP contribution in [0.1, 0.15) is 26.7 Å². The SMILES string of the molecule is COc1ccc(/C=C/C(=O)N2CCc3nc(NC(=O)c4ccco4)sc3C2)cc1OC. The Morgan fingerprint density at radius 2 is 2.06 bits per heavy atom. The molecule has 9 heteroatoms. The lowest BCUT2D eigenvalue weighted by molar-refractivity contribution is -0.126. The molecule has 0 unspecified atom stereocenters. The van der Waals surface area contributed by atoms with E-state index in [1.165, 1.54) is 17.6 Å². The molecule has 4 rings (SSSR count). The normalized spacial score (nSPS) is 13.2. The predicted molar refractivity (Wildman–Crippen MR) is 116 cm³/mol. The van der Waals surface area contributed by atoms with Crippen molar-refractivity contribution in [3.63, 3.8) is 0 Å². The van der Waals surface area contributed by atoms with Crippen LogP contribution in [0, 0.1) is 0 Å². The monoisotopic (exact) mass is 439 g/mol. The number of anilines is 1. The fraction of sp³-hybridized carbons (Fsp3) is 0.227. The van der Waals surface area contributed by atoms with Crippen LogP contribution in [-0.4, -0.2) is 42.5 Å². The Morgan fingerprint density at radius 3 is 2.81 bits per heavy atom. The first-order chi connectivity index (χ1) is 15.1. The lowest BCUT2D eigenvalue weighted by atomic mass is 10.1. The number of nitrogens with one attached hydrogen (secondary N) is 1. The molecule has 0 bridgehead atoms. The third-order valence-corrected chi connectivity index (χ3v) is 5.83. The number of hydrogen-bond acceptors (Lipinski definition) is 7. The summed E-state index contributed by atoms with van der Waals surface area (Å²) in [5, 5.41) is 3.25. The van der Waals surface area contributed by atoms with E-state index in [-0.39, 0.29) is 17.6 Å². The Bertz CT molecular complexity index is 1120. The van der Waals surface area contributed by atoms with Gasteiger partial charge in [0.2, 0.25) is 5.91 Å². The molecule has 0 saturated carbocycles. The van der Waals surface area contributed by atoms with Crippen LogP contribution in [-0.2, 0) is 17.8 Å². The maximum atomic E-state index is 12.7. The summed E-state index contributed by atoms with van der Waals surface area (Å²) in [5.41, 5.74) is 1.75. The number of benzene rings is 1. The van der Waals surface area contributed by atoms with E-state index in [2.05, 4.69) is 10.3 Å². The summed E-state index contributed by atoms with van der Waals surface area (Å²) in [6.07, 6.45) is 5.38. The van der Waals surface area contributed by atoms with E-state index in [4.69, 9.17) is 13.9 Å². The molecule has 2 aromatic heterocycles. The Labute approximate surface area is 183 Å². The van der Waals surface area contributed by atoms with Gasteiger partial charge in [-0.1, -0.05) is 17.4 Å². The number of hydrogen-bond donors (Lipinski definition) is 1. The molecular formula is C22H21N3O5S. The third-order valence-electron chi connectivity index (χ3n) is 4.83. The van der Waals surface area contributed by atoms with Gasteiger partial charge in [-0.25, -0.2) is 4.98 Å². The zero-order valence-corrected chi connectivity index (χ0v) is 17.9. The van der Waals surface area contributed by atoms with Gasteiger partial charge < -0.3 is 18.8 Å². The van der Waals surface area contributed by atoms with Gasteiger partial charge in [-0.3, -0.25) is 14.9 Å². The van der Waals surface area contributed by atoms with Crippen molar-refractivity contribution in [3.05, 3.63) is 64.6 Å². The molecule has 1 N–H and O–H groups in total. The number of carbonyl (C=O) groups is 2. The number of methoxy groups -OCH3 is 2. The van der Waals surface area contributed by atoms with E-state index in [0.717, 1.165) is 16.1 Å². The van der Waals surface area contributed by atoms with E-state index in [1.807, 2.05) is 12.1 Å². The molecule has 0 atom stereocenters. The Hall–Kier alpha value is -3.59. The Kier molecular flexibility index (Phi) is 6.03. The number of rotatable bonds is 6. The van der Waals surface area contributed by atoms with Crippen LogP contribution in [0.2, 0.25) is 0 Å². The summed E-state index contributed by atoms with van der Waals surface area (Å²) < 4.78 is 15.6. The maximum absolute atomic E-state index is 12.7. The highest BCUT2D eigenvalue weighted by Crippen LogP contribution is 2.30. The third kappa shape index (κ3) is 4.61. The first-order valence-corrected chi connectivity index (χ1v) is 10.4. The summed E-state index contributed by atoms with van der Waals surface area (Å²) in [7, 11) is 3.15. The van der Waals surface area contributed by atoms with Gasteiger partial charge >= 0.3 is 0 Å². The van der Waals surface area contributed by atoms with Crippen molar-refractivity contribution in [2.45, 2.75) is 13.0 Å². The lowest BCUT2D eigenvalue weighted by Gasteiger charge is -2.24. The van der Waals surface area contributed by atoms with Crippen molar-refractivity contribution in [2.24, 2.45) is 0 Å². The molecular weight excluding hydrogens is 418 g/mol. The van der Waals surface area contributed by atoms with E-state index in [9.17, 15) is 9.59 Å². The second kappa shape index (κ2) is 9.05. The average molecular weight is 439 g/mol. The topological polar surface area (TPSA) is 93.9 Å². The van der Waals surface area contributed by atoms with Gasteiger partial charge in [0.15, 0.2) is 22.4 Å². The van der Waals surface area contributed by atoms with Gasteiger partial charge in [-0.2, -0.15) is 0 Å².